The quantitative estimate of drug-likeness (QED) is 0.622. The zero-order chi connectivity index (χ0) is 11.1. The molecule has 0 aromatic heterocycles. The Kier molecular flexibility index (Phi) is 6.49. The highest BCUT2D eigenvalue weighted by molar-refractivity contribution is 5.72. The lowest BCUT2D eigenvalue weighted by Gasteiger charge is -2.22. The first-order valence-corrected chi connectivity index (χ1v) is 5.06. The Hall–Kier alpha value is -0.610. The molecule has 0 spiro atoms. The molecular formula is C10H21NO3. The van der Waals surface area contributed by atoms with E-state index in [2.05, 4.69) is 11.7 Å². The average molecular weight is 203 g/mol. The third kappa shape index (κ3) is 4.07. The normalized spacial score (nSPS) is 17.2. The molecule has 0 aliphatic heterocycles. The number of hydrogen-bond donors (Lipinski definition) is 2. The maximum Gasteiger partial charge on any atom is 0.311 e. The van der Waals surface area contributed by atoms with Crippen LogP contribution in [0.2, 0.25) is 0 Å². The highest BCUT2D eigenvalue weighted by Gasteiger charge is 2.27. The van der Waals surface area contributed by atoms with Crippen LogP contribution in [-0.4, -0.2) is 30.3 Å². The number of hydrogen-bond acceptors (Lipinski definition) is 4. The molecule has 14 heavy (non-hydrogen) atoms. The summed E-state index contributed by atoms with van der Waals surface area (Å²) in [4.78, 5) is 11.1. The summed E-state index contributed by atoms with van der Waals surface area (Å²) in [7, 11) is 1.31. The summed E-state index contributed by atoms with van der Waals surface area (Å²) in [5.74, 6) is -0.962. The Morgan fingerprint density at radius 1 is 1.57 bits per heavy atom. The lowest BCUT2D eigenvalue weighted by molar-refractivity contribution is -0.149. The van der Waals surface area contributed by atoms with E-state index in [4.69, 9.17) is 5.73 Å². The van der Waals surface area contributed by atoms with Crippen molar-refractivity contribution in [2.75, 3.05) is 7.11 Å². The van der Waals surface area contributed by atoms with Crippen LogP contribution in [0.15, 0.2) is 0 Å². The molecule has 84 valence electrons. The van der Waals surface area contributed by atoms with Crippen molar-refractivity contribution < 1.29 is 14.6 Å². The van der Waals surface area contributed by atoms with Crippen molar-refractivity contribution in [3.63, 3.8) is 0 Å². The molecule has 0 saturated carbocycles. The van der Waals surface area contributed by atoms with Gasteiger partial charge in [-0.3, -0.25) is 4.79 Å². The summed E-state index contributed by atoms with van der Waals surface area (Å²) < 4.78 is 4.53. The van der Waals surface area contributed by atoms with Crippen molar-refractivity contribution in [1.82, 2.24) is 0 Å². The maximum absolute atomic E-state index is 11.1. The molecule has 0 rings (SSSR count). The molecule has 0 bridgehead atoms. The molecule has 4 nitrogen and oxygen atoms in total. The van der Waals surface area contributed by atoms with Gasteiger partial charge in [-0.25, -0.2) is 0 Å². The number of carbonyl (C=O) groups excluding carboxylic acids is 1. The Labute approximate surface area is 85.4 Å². The van der Waals surface area contributed by atoms with Crippen LogP contribution in [0, 0.1) is 5.92 Å². The van der Waals surface area contributed by atoms with Gasteiger partial charge in [-0.1, -0.05) is 19.8 Å². The zero-order valence-corrected chi connectivity index (χ0v) is 9.19. The second kappa shape index (κ2) is 6.79. The topological polar surface area (TPSA) is 72.5 Å². The lowest BCUT2D eigenvalue weighted by atomic mass is 9.95. The number of aliphatic hydroxyl groups excluding tert-OH is 1. The molecule has 0 fully saturated rings. The summed E-state index contributed by atoms with van der Waals surface area (Å²) >= 11 is 0. The number of unbranched alkanes of at least 4 members (excludes halogenated alkanes) is 1. The number of esters is 1. The molecule has 0 amide bonds. The highest BCUT2D eigenvalue weighted by Crippen LogP contribution is 2.12. The van der Waals surface area contributed by atoms with Crippen LogP contribution in [0.1, 0.15) is 33.1 Å². The third-order valence-electron chi connectivity index (χ3n) is 2.41. The minimum Gasteiger partial charge on any atom is -0.469 e. The fraction of sp³-hybridized carbons (Fsp3) is 0.900. The summed E-state index contributed by atoms with van der Waals surface area (Å²) in [6.45, 7) is 3.69. The summed E-state index contributed by atoms with van der Waals surface area (Å²) in [6, 6.07) is -0.343. The van der Waals surface area contributed by atoms with Crippen LogP contribution < -0.4 is 5.73 Å². The van der Waals surface area contributed by atoms with Crippen LogP contribution in [0.3, 0.4) is 0 Å². The zero-order valence-electron chi connectivity index (χ0n) is 9.19. The molecular weight excluding hydrogens is 182 g/mol. The van der Waals surface area contributed by atoms with Crippen molar-refractivity contribution in [2.24, 2.45) is 11.7 Å². The Morgan fingerprint density at radius 3 is 2.57 bits per heavy atom. The fourth-order valence-electron chi connectivity index (χ4n) is 1.31. The summed E-state index contributed by atoms with van der Waals surface area (Å²) in [6.07, 6.45) is 1.92. The highest BCUT2D eigenvalue weighted by atomic mass is 16.5. The third-order valence-corrected chi connectivity index (χ3v) is 2.41. The molecule has 0 aliphatic carbocycles. The molecule has 3 atom stereocenters. The van der Waals surface area contributed by atoms with Crippen LogP contribution >= 0.6 is 0 Å². The van der Waals surface area contributed by atoms with Crippen LogP contribution in [0.4, 0.5) is 0 Å². The number of nitrogens with two attached hydrogens (primary N) is 1. The van der Waals surface area contributed by atoms with Crippen molar-refractivity contribution in [1.29, 1.82) is 0 Å². The second-order valence-corrected chi connectivity index (χ2v) is 3.61. The van der Waals surface area contributed by atoms with Gasteiger partial charge in [0, 0.05) is 6.04 Å². The van der Waals surface area contributed by atoms with E-state index in [9.17, 15) is 9.90 Å². The monoisotopic (exact) mass is 203 g/mol. The standard InChI is InChI=1S/C10H21NO3/c1-4-5-6-8(11)9(12)7(2)10(13)14-3/h7-9,12H,4-6,11H2,1-3H3/t7-,8-,9-/m0/s1. The number of rotatable bonds is 6. The first-order chi connectivity index (χ1) is 6.54. The van der Waals surface area contributed by atoms with Crippen molar-refractivity contribution in [2.45, 2.75) is 45.3 Å². The van der Waals surface area contributed by atoms with E-state index in [1.54, 1.807) is 6.92 Å². The first-order valence-electron chi connectivity index (χ1n) is 5.06. The van der Waals surface area contributed by atoms with Gasteiger partial charge < -0.3 is 15.6 Å². The Morgan fingerprint density at radius 2 is 2.14 bits per heavy atom. The predicted octanol–water partition coefficient (Wildman–Crippen LogP) is 0.674. The molecule has 0 heterocycles. The molecule has 0 saturated heterocycles. The first kappa shape index (κ1) is 13.4. The number of methoxy groups -OCH3 is 1. The fourth-order valence-corrected chi connectivity index (χ4v) is 1.31. The second-order valence-electron chi connectivity index (χ2n) is 3.61. The molecule has 0 aromatic rings. The van der Waals surface area contributed by atoms with Gasteiger partial charge >= 0.3 is 5.97 Å². The predicted molar refractivity (Wildman–Crippen MR) is 54.7 cm³/mol. The van der Waals surface area contributed by atoms with Gasteiger partial charge in [-0.15, -0.1) is 0 Å². The largest absolute Gasteiger partial charge is 0.469 e. The SMILES string of the molecule is CCCC[C@H](N)[C@@H](O)[C@H](C)C(=O)OC. The van der Waals surface area contributed by atoms with Crippen LogP contribution in [-0.2, 0) is 9.53 Å². The van der Waals surface area contributed by atoms with Crippen LogP contribution in [0.25, 0.3) is 0 Å². The lowest BCUT2D eigenvalue weighted by Crippen LogP contribution is -2.42. The smallest absolute Gasteiger partial charge is 0.311 e. The maximum atomic E-state index is 11.1. The van der Waals surface area contributed by atoms with Crippen molar-refractivity contribution in [3.8, 4) is 0 Å². The number of aliphatic hydroxyl groups is 1. The van der Waals surface area contributed by atoms with Gasteiger partial charge in [0.25, 0.3) is 0 Å². The van der Waals surface area contributed by atoms with Gasteiger partial charge in [-0.2, -0.15) is 0 Å². The van der Waals surface area contributed by atoms with Gasteiger partial charge in [0.15, 0.2) is 0 Å². The molecule has 0 unspecified atom stereocenters. The molecule has 0 radical (unpaired) electrons. The molecule has 0 aliphatic rings. The summed E-state index contributed by atoms with van der Waals surface area (Å²) in [5, 5.41) is 9.69. The average Bonchev–Trinajstić information content (AvgIpc) is 2.22. The van der Waals surface area contributed by atoms with E-state index in [1.165, 1.54) is 7.11 Å². The van der Waals surface area contributed by atoms with E-state index < -0.39 is 18.0 Å². The minimum atomic E-state index is -0.811. The molecule has 3 N–H and O–H groups in total. The van der Waals surface area contributed by atoms with E-state index >= 15 is 0 Å². The minimum absolute atomic E-state index is 0.343. The van der Waals surface area contributed by atoms with Crippen LogP contribution in [0.5, 0.6) is 0 Å². The van der Waals surface area contributed by atoms with Gasteiger partial charge in [-0.05, 0) is 13.3 Å². The Bertz CT molecular complexity index is 173. The van der Waals surface area contributed by atoms with Gasteiger partial charge in [0.1, 0.15) is 0 Å². The van der Waals surface area contributed by atoms with E-state index in [0.29, 0.717) is 0 Å². The number of ether oxygens (including phenoxy) is 1. The van der Waals surface area contributed by atoms with E-state index in [0.717, 1.165) is 19.3 Å². The van der Waals surface area contributed by atoms with Crippen molar-refractivity contribution >= 4 is 5.97 Å². The van der Waals surface area contributed by atoms with Gasteiger partial charge in [0.2, 0.25) is 0 Å². The number of carbonyl (C=O) groups is 1. The van der Waals surface area contributed by atoms with Crippen molar-refractivity contribution in [3.05, 3.63) is 0 Å². The molecule has 0 aromatic carbocycles. The molecule has 4 heteroatoms. The Balaban J connectivity index is 4.02. The summed E-state index contributed by atoms with van der Waals surface area (Å²) in [5.41, 5.74) is 5.74. The van der Waals surface area contributed by atoms with E-state index in [1.807, 2.05) is 0 Å². The van der Waals surface area contributed by atoms with E-state index in [-0.39, 0.29) is 6.04 Å². The van der Waals surface area contributed by atoms with Gasteiger partial charge in [0.05, 0.1) is 19.1 Å².